The normalized spacial score (nSPS) is 17.6. The zero-order chi connectivity index (χ0) is 13.5. The van der Waals surface area contributed by atoms with E-state index in [9.17, 15) is 5.11 Å². The molecule has 0 unspecified atom stereocenters. The van der Waals surface area contributed by atoms with Crippen molar-refractivity contribution in [3.63, 3.8) is 0 Å². The smallest absolute Gasteiger partial charge is 0.104 e. The number of hydrogen-bond donors (Lipinski definition) is 1. The van der Waals surface area contributed by atoms with Gasteiger partial charge in [-0.25, -0.2) is 4.98 Å². The molecule has 4 nitrogen and oxygen atoms in total. The molecular weight excluding hydrogens is 250 g/mol. The predicted octanol–water partition coefficient (Wildman–Crippen LogP) is 2.58. The van der Waals surface area contributed by atoms with Gasteiger partial charge in [0.2, 0.25) is 0 Å². The van der Waals surface area contributed by atoms with Crippen LogP contribution in [0, 0.1) is 0 Å². The third kappa shape index (κ3) is 1.52. The largest absolute Gasteiger partial charge is 0.386 e. The molecule has 0 radical (unpaired) electrons. The van der Waals surface area contributed by atoms with Crippen LogP contribution in [0.4, 0.5) is 0 Å². The monoisotopic (exact) mass is 263 g/mol. The minimum Gasteiger partial charge on any atom is -0.386 e. The van der Waals surface area contributed by atoms with Crippen LogP contribution in [0.25, 0.3) is 11.3 Å². The molecule has 0 spiro atoms. The standard InChI is InChI=1S/C16H13N3O/c20-16(11-5-7-17-8-6-11)15-13-4-2-1-3-12(13)14-9-18-10-19(14)15/h1-10,15-16,20H/t15-,16+/m0/s1. The van der Waals surface area contributed by atoms with Gasteiger partial charge in [-0.2, -0.15) is 0 Å². The number of aliphatic hydroxyl groups excluding tert-OH is 1. The van der Waals surface area contributed by atoms with Gasteiger partial charge in [-0.05, 0) is 23.3 Å². The van der Waals surface area contributed by atoms with Crippen molar-refractivity contribution in [3.05, 3.63) is 72.4 Å². The molecule has 1 aromatic carbocycles. The molecule has 3 aromatic rings. The van der Waals surface area contributed by atoms with E-state index in [1.165, 1.54) is 0 Å². The van der Waals surface area contributed by atoms with Crippen molar-refractivity contribution in [1.82, 2.24) is 14.5 Å². The lowest BCUT2D eigenvalue weighted by Gasteiger charge is -2.21. The fourth-order valence-electron chi connectivity index (χ4n) is 2.94. The van der Waals surface area contributed by atoms with Crippen LogP contribution in [0.15, 0.2) is 61.3 Å². The number of aromatic nitrogens is 3. The van der Waals surface area contributed by atoms with E-state index in [-0.39, 0.29) is 6.04 Å². The van der Waals surface area contributed by atoms with E-state index in [2.05, 4.69) is 22.1 Å². The Morgan fingerprint density at radius 1 is 1.05 bits per heavy atom. The van der Waals surface area contributed by atoms with E-state index in [4.69, 9.17) is 0 Å². The maximum Gasteiger partial charge on any atom is 0.104 e. The fraction of sp³-hybridized carbons (Fsp3) is 0.125. The van der Waals surface area contributed by atoms with Crippen LogP contribution < -0.4 is 0 Å². The second-order valence-corrected chi connectivity index (χ2v) is 4.94. The first kappa shape index (κ1) is 11.4. The lowest BCUT2D eigenvalue weighted by atomic mass is 9.95. The summed E-state index contributed by atoms with van der Waals surface area (Å²) in [7, 11) is 0. The highest BCUT2D eigenvalue weighted by Gasteiger charge is 2.33. The van der Waals surface area contributed by atoms with Gasteiger partial charge in [0.05, 0.1) is 24.3 Å². The molecule has 20 heavy (non-hydrogen) atoms. The molecule has 1 N–H and O–H groups in total. The number of hydrogen-bond acceptors (Lipinski definition) is 3. The number of imidazole rings is 1. The zero-order valence-electron chi connectivity index (χ0n) is 10.7. The van der Waals surface area contributed by atoms with Gasteiger partial charge in [0.1, 0.15) is 6.10 Å². The third-order valence-electron chi connectivity index (χ3n) is 3.87. The van der Waals surface area contributed by atoms with Crippen molar-refractivity contribution in [2.24, 2.45) is 0 Å². The highest BCUT2D eigenvalue weighted by atomic mass is 16.3. The molecule has 2 atom stereocenters. The van der Waals surface area contributed by atoms with E-state index in [0.29, 0.717) is 0 Å². The number of nitrogens with zero attached hydrogens (tertiary/aromatic N) is 3. The summed E-state index contributed by atoms with van der Waals surface area (Å²) in [6.07, 6.45) is 6.42. The van der Waals surface area contributed by atoms with Crippen LogP contribution >= 0.6 is 0 Å². The van der Waals surface area contributed by atoms with Crippen molar-refractivity contribution >= 4 is 0 Å². The molecule has 0 amide bonds. The maximum atomic E-state index is 10.8. The van der Waals surface area contributed by atoms with Crippen LogP contribution in [0.1, 0.15) is 23.3 Å². The topological polar surface area (TPSA) is 50.9 Å². The van der Waals surface area contributed by atoms with Crippen molar-refractivity contribution in [2.75, 3.05) is 0 Å². The van der Waals surface area contributed by atoms with Crippen molar-refractivity contribution in [1.29, 1.82) is 0 Å². The minimum atomic E-state index is -0.616. The molecule has 0 aliphatic carbocycles. The third-order valence-corrected chi connectivity index (χ3v) is 3.87. The van der Waals surface area contributed by atoms with Crippen molar-refractivity contribution < 1.29 is 5.11 Å². The number of rotatable bonds is 2. The molecule has 0 bridgehead atoms. The van der Waals surface area contributed by atoms with Gasteiger partial charge in [0, 0.05) is 18.0 Å². The fourth-order valence-corrected chi connectivity index (χ4v) is 2.94. The number of benzene rings is 1. The van der Waals surface area contributed by atoms with Gasteiger partial charge in [-0.3, -0.25) is 4.98 Å². The maximum absolute atomic E-state index is 10.8. The molecule has 98 valence electrons. The van der Waals surface area contributed by atoms with Crippen LogP contribution in [0.2, 0.25) is 0 Å². The average Bonchev–Trinajstić information content (AvgIpc) is 3.08. The first-order chi connectivity index (χ1) is 9.86. The molecule has 1 aliphatic heterocycles. The summed E-state index contributed by atoms with van der Waals surface area (Å²) in [6, 6.07) is 11.7. The highest BCUT2D eigenvalue weighted by molar-refractivity contribution is 5.69. The molecule has 3 heterocycles. The molecular formula is C16H13N3O. The number of pyridine rings is 1. The summed E-state index contributed by atoms with van der Waals surface area (Å²) in [4.78, 5) is 8.21. The molecule has 1 aliphatic rings. The summed E-state index contributed by atoms with van der Waals surface area (Å²) in [5.74, 6) is 0. The Hall–Kier alpha value is -2.46. The van der Waals surface area contributed by atoms with Crippen molar-refractivity contribution in [2.45, 2.75) is 12.1 Å². The Labute approximate surface area is 116 Å². The van der Waals surface area contributed by atoms with E-state index >= 15 is 0 Å². The number of fused-ring (bicyclic) bond motifs is 3. The molecule has 0 saturated carbocycles. The highest BCUT2D eigenvalue weighted by Crippen LogP contribution is 2.44. The Kier molecular flexibility index (Phi) is 2.44. The van der Waals surface area contributed by atoms with Crippen LogP contribution in [0.5, 0.6) is 0 Å². The average molecular weight is 263 g/mol. The van der Waals surface area contributed by atoms with Gasteiger partial charge >= 0.3 is 0 Å². The molecule has 4 rings (SSSR count). The van der Waals surface area contributed by atoms with Crippen LogP contribution in [0.3, 0.4) is 0 Å². The van der Waals surface area contributed by atoms with Gasteiger partial charge in [0.25, 0.3) is 0 Å². The van der Waals surface area contributed by atoms with Gasteiger partial charge in [-0.1, -0.05) is 24.3 Å². The SMILES string of the molecule is O[C@H](c1ccncc1)[C@@H]1c2ccccc2-c2cncn21. The Morgan fingerprint density at radius 3 is 2.70 bits per heavy atom. The molecule has 4 heteroatoms. The quantitative estimate of drug-likeness (QED) is 0.773. The van der Waals surface area contributed by atoms with Crippen LogP contribution in [-0.2, 0) is 0 Å². The second-order valence-electron chi connectivity index (χ2n) is 4.94. The lowest BCUT2D eigenvalue weighted by Crippen LogP contribution is -2.15. The summed E-state index contributed by atoms with van der Waals surface area (Å²) in [6.45, 7) is 0. The van der Waals surface area contributed by atoms with E-state index in [1.807, 2.05) is 35.0 Å². The van der Waals surface area contributed by atoms with Crippen molar-refractivity contribution in [3.8, 4) is 11.3 Å². The lowest BCUT2D eigenvalue weighted by molar-refractivity contribution is 0.135. The minimum absolute atomic E-state index is 0.133. The van der Waals surface area contributed by atoms with E-state index in [1.54, 1.807) is 18.7 Å². The summed E-state index contributed by atoms with van der Waals surface area (Å²) >= 11 is 0. The Morgan fingerprint density at radius 2 is 1.85 bits per heavy atom. The zero-order valence-corrected chi connectivity index (χ0v) is 10.7. The van der Waals surface area contributed by atoms with Gasteiger partial charge < -0.3 is 9.67 Å². The Balaban J connectivity index is 1.87. The van der Waals surface area contributed by atoms with Crippen LogP contribution in [-0.4, -0.2) is 19.6 Å². The van der Waals surface area contributed by atoms with E-state index in [0.717, 1.165) is 22.4 Å². The summed E-state index contributed by atoms with van der Waals surface area (Å²) in [5, 5.41) is 10.8. The first-order valence-corrected chi connectivity index (χ1v) is 6.55. The van der Waals surface area contributed by atoms with Gasteiger partial charge in [0.15, 0.2) is 0 Å². The summed E-state index contributed by atoms with van der Waals surface area (Å²) in [5.41, 5.74) is 4.19. The summed E-state index contributed by atoms with van der Waals surface area (Å²) < 4.78 is 2.04. The first-order valence-electron chi connectivity index (χ1n) is 6.55. The molecule has 0 fully saturated rings. The Bertz CT molecular complexity index is 751. The second kappa shape index (κ2) is 4.28. The number of aliphatic hydroxyl groups is 1. The molecule has 2 aromatic heterocycles. The predicted molar refractivity (Wildman–Crippen MR) is 75.0 cm³/mol. The van der Waals surface area contributed by atoms with Gasteiger partial charge in [-0.15, -0.1) is 0 Å². The van der Waals surface area contributed by atoms with E-state index < -0.39 is 6.10 Å². The molecule has 0 saturated heterocycles.